The SMILES string of the molecule is CCc1cc(CC)n(-c2ncc3ncn(C)c3n2)n1. The second-order valence-corrected chi connectivity index (χ2v) is 4.48. The molecule has 0 unspecified atom stereocenters. The van der Waals surface area contributed by atoms with Gasteiger partial charge in [-0.1, -0.05) is 13.8 Å². The molecule has 0 saturated carbocycles. The maximum absolute atomic E-state index is 4.55. The highest BCUT2D eigenvalue weighted by atomic mass is 15.4. The van der Waals surface area contributed by atoms with E-state index in [4.69, 9.17) is 0 Å². The van der Waals surface area contributed by atoms with Crippen LogP contribution in [0.15, 0.2) is 18.6 Å². The molecule has 3 aromatic heterocycles. The molecule has 0 fully saturated rings. The van der Waals surface area contributed by atoms with E-state index in [1.807, 2.05) is 16.3 Å². The van der Waals surface area contributed by atoms with Crippen molar-refractivity contribution in [1.29, 1.82) is 0 Å². The van der Waals surface area contributed by atoms with E-state index in [2.05, 4.69) is 40.0 Å². The van der Waals surface area contributed by atoms with E-state index in [-0.39, 0.29) is 0 Å². The van der Waals surface area contributed by atoms with Crippen LogP contribution in [0.4, 0.5) is 0 Å². The molecule has 0 radical (unpaired) electrons. The largest absolute Gasteiger partial charge is 0.318 e. The summed E-state index contributed by atoms with van der Waals surface area (Å²) in [6.07, 6.45) is 5.29. The van der Waals surface area contributed by atoms with E-state index in [1.165, 1.54) is 0 Å². The molecule has 0 aliphatic rings. The molecule has 0 atom stereocenters. The van der Waals surface area contributed by atoms with Crippen molar-refractivity contribution in [3.8, 4) is 5.95 Å². The van der Waals surface area contributed by atoms with Crippen LogP contribution in [0.2, 0.25) is 0 Å². The van der Waals surface area contributed by atoms with Gasteiger partial charge in [-0.15, -0.1) is 0 Å². The summed E-state index contributed by atoms with van der Waals surface area (Å²) in [6.45, 7) is 4.20. The molecule has 0 aromatic carbocycles. The molecule has 0 spiro atoms. The summed E-state index contributed by atoms with van der Waals surface area (Å²) in [4.78, 5) is 13.1. The first-order valence-electron chi connectivity index (χ1n) is 6.45. The molecular formula is C13H16N6. The highest BCUT2D eigenvalue weighted by Gasteiger charge is 2.11. The van der Waals surface area contributed by atoms with E-state index >= 15 is 0 Å². The Kier molecular flexibility index (Phi) is 2.77. The van der Waals surface area contributed by atoms with Crippen molar-refractivity contribution >= 4 is 11.2 Å². The molecule has 0 N–H and O–H groups in total. The number of hydrogen-bond donors (Lipinski definition) is 0. The third-order valence-electron chi connectivity index (χ3n) is 3.19. The Bertz CT molecular complexity index is 724. The maximum Gasteiger partial charge on any atom is 0.252 e. The van der Waals surface area contributed by atoms with Gasteiger partial charge in [-0.05, 0) is 18.9 Å². The summed E-state index contributed by atoms with van der Waals surface area (Å²) in [6, 6.07) is 2.11. The Morgan fingerprint density at radius 3 is 2.74 bits per heavy atom. The van der Waals surface area contributed by atoms with Gasteiger partial charge in [0.15, 0.2) is 5.65 Å². The van der Waals surface area contributed by atoms with E-state index in [0.29, 0.717) is 5.95 Å². The lowest BCUT2D eigenvalue weighted by molar-refractivity contribution is 0.747. The van der Waals surface area contributed by atoms with Crippen LogP contribution in [0.3, 0.4) is 0 Å². The normalized spacial score (nSPS) is 11.3. The summed E-state index contributed by atoms with van der Waals surface area (Å²) in [5.74, 6) is 0.604. The van der Waals surface area contributed by atoms with Gasteiger partial charge in [0.2, 0.25) is 0 Å². The first-order chi connectivity index (χ1) is 9.22. The van der Waals surface area contributed by atoms with Crippen LogP contribution >= 0.6 is 0 Å². The molecule has 0 saturated heterocycles. The van der Waals surface area contributed by atoms with Crippen LogP contribution in [-0.4, -0.2) is 29.3 Å². The van der Waals surface area contributed by atoms with Gasteiger partial charge in [0.1, 0.15) is 5.52 Å². The van der Waals surface area contributed by atoms with Gasteiger partial charge in [0, 0.05) is 12.7 Å². The van der Waals surface area contributed by atoms with Crippen LogP contribution in [0.25, 0.3) is 17.1 Å². The average Bonchev–Trinajstić information content (AvgIpc) is 3.02. The lowest BCUT2D eigenvalue weighted by atomic mass is 10.3. The molecule has 0 aliphatic heterocycles. The molecule has 98 valence electrons. The summed E-state index contributed by atoms with van der Waals surface area (Å²) in [5.41, 5.74) is 3.80. The Morgan fingerprint density at radius 2 is 2.00 bits per heavy atom. The third-order valence-corrected chi connectivity index (χ3v) is 3.19. The monoisotopic (exact) mass is 256 g/mol. The minimum absolute atomic E-state index is 0.604. The fourth-order valence-electron chi connectivity index (χ4n) is 2.09. The predicted molar refractivity (Wildman–Crippen MR) is 72.2 cm³/mol. The van der Waals surface area contributed by atoms with Crippen LogP contribution in [0.1, 0.15) is 25.2 Å². The number of fused-ring (bicyclic) bond motifs is 1. The summed E-state index contributed by atoms with van der Waals surface area (Å²) < 4.78 is 3.71. The second kappa shape index (κ2) is 4.46. The lowest BCUT2D eigenvalue weighted by Gasteiger charge is -2.03. The van der Waals surface area contributed by atoms with Crippen molar-refractivity contribution < 1.29 is 0 Å². The number of imidazole rings is 1. The summed E-state index contributed by atoms with van der Waals surface area (Å²) in [5, 5.41) is 4.55. The van der Waals surface area contributed by atoms with Crippen molar-refractivity contribution in [2.45, 2.75) is 26.7 Å². The van der Waals surface area contributed by atoms with Gasteiger partial charge in [-0.25, -0.2) is 14.6 Å². The van der Waals surface area contributed by atoms with E-state index < -0.39 is 0 Å². The molecule has 3 heterocycles. The predicted octanol–water partition coefficient (Wildman–Crippen LogP) is 1.67. The highest BCUT2D eigenvalue weighted by molar-refractivity contribution is 5.69. The third kappa shape index (κ3) is 1.89. The Morgan fingerprint density at radius 1 is 1.16 bits per heavy atom. The maximum atomic E-state index is 4.55. The van der Waals surface area contributed by atoms with Crippen molar-refractivity contribution in [2.75, 3.05) is 0 Å². The number of hydrogen-bond acceptors (Lipinski definition) is 4. The van der Waals surface area contributed by atoms with E-state index in [0.717, 1.165) is 35.4 Å². The van der Waals surface area contributed by atoms with Gasteiger partial charge in [-0.2, -0.15) is 10.1 Å². The van der Waals surface area contributed by atoms with Crippen molar-refractivity contribution in [3.05, 3.63) is 30.0 Å². The minimum Gasteiger partial charge on any atom is -0.318 e. The Labute approximate surface area is 111 Å². The van der Waals surface area contributed by atoms with E-state index in [1.54, 1.807) is 12.5 Å². The number of rotatable bonds is 3. The summed E-state index contributed by atoms with van der Waals surface area (Å²) in [7, 11) is 1.92. The molecule has 3 aromatic rings. The topological polar surface area (TPSA) is 61.4 Å². The zero-order chi connectivity index (χ0) is 13.4. The molecule has 0 aliphatic carbocycles. The van der Waals surface area contributed by atoms with Crippen molar-refractivity contribution in [2.24, 2.45) is 7.05 Å². The lowest BCUT2D eigenvalue weighted by Crippen LogP contribution is -2.07. The van der Waals surface area contributed by atoms with Gasteiger partial charge in [0.25, 0.3) is 5.95 Å². The van der Waals surface area contributed by atoms with E-state index in [9.17, 15) is 0 Å². The smallest absolute Gasteiger partial charge is 0.252 e. The molecule has 6 nitrogen and oxygen atoms in total. The molecule has 3 rings (SSSR count). The zero-order valence-corrected chi connectivity index (χ0v) is 11.3. The average molecular weight is 256 g/mol. The standard InChI is InChI=1S/C13H16N6/c1-4-9-6-10(5-2)19(17-9)13-14-7-11-12(16-13)18(3)8-15-11/h6-8H,4-5H2,1-3H3. The summed E-state index contributed by atoms with van der Waals surface area (Å²) >= 11 is 0. The first kappa shape index (κ1) is 11.8. The van der Waals surface area contributed by atoms with Crippen molar-refractivity contribution in [3.63, 3.8) is 0 Å². The van der Waals surface area contributed by atoms with Crippen molar-refractivity contribution in [1.82, 2.24) is 29.3 Å². The van der Waals surface area contributed by atoms with Crippen LogP contribution in [-0.2, 0) is 19.9 Å². The zero-order valence-electron chi connectivity index (χ0n) is 11.3. The van der Waals surface area contributed by atoms with Gasteiger partial charge >= 0.3 is 0 Å². The van der Waals surface area contributed by atoms with Crippen LogP contribution in [0, 0.1) is 0 Å². The fraction of sp³-hybridized carbons (Fsp3) is 0.385. The van der Waals surface area contributed by atoms with Gasteiger partial charge in [0.05, 0.1) is 18.2 Å². The van der Waals surface area contributed by atoms with Gasteiger partial charge in [-0.3, -0.25) is 0 Å². The van der Waals surface area contributed by atoms with Crippen LogP contribution < -0.4 is 0 Å². The highest BCUT2D eigenvalue weighted by Crippen LogP contribution is 2.13. The molecule has 0 amide bonds. The Balaban J connectivity index is 2.17. The second-order valence-electron chi connectivity index (χ2n) is 4.48. The number of aryl methyl sites for hydroxylation is 3. The molecule has 19 heavy (non-hydrogen) atoms. The molecule has 6 heteroatoms. The Hall–Kier alpha value is -2.24. The molecule has 0 bridgehead atoms. The first-order valence-corrected chi connectivity index (χ1v) is 6.45. The number of aromatic nitrogens is 6. The molecular weight excluding hydrogens is 240 g/mol. The number of nitrogens with zero attached hydrogens (tertiary/aromatic N) is 6. The minimum atomic E-state index is 0.604. The van der Waals surface area contributed by atoms with Gasteiger partial charge < -0.3 is 4.57 Å². The fourth-order valence-corrected chi connectivity index (χ4v) is 2.09. The van der Waals surface area contributed by atoms with Crippen LogP contribution in [0.5, 0.6) is 0 Å². The quantitative estimate of drug-likeness (QED) is 0.715.